The van der Waals surface area contributed by atoms with Crippen LogP contribution in [0.1, 0.15) is 35.4 Å². The molecule has 3 heterocycles. The normalized spacial score (nSPS) is 17.8. The second kappa shape index (κ2) is 10.3. The van der Waals surface area contributed by atoms with Gasteiger partial charge in [-0.2, -0.15) is 4.31 Å². The molecule has 0 radical (unpaired) electrons. The van der Waals surface area contributed by atoms with E-state index in [2.05, 4.69) is 10.5 Å². The molecular formula is C26H26FN3O6S. The summed E-state index contributed by atoms with van der Waals surface area (Å²) in [5, 5.41) is 6.73. The Balaban J connectivity index is 1.28. The minimum absolute atomic E-state index is 0.00939. The SMILES string of the molecule is Cc1noc(/C=C/c2ccccc2F)c1S(=O)(=O)N1CCC[C@@H](C(=O)NCc2ccc3c(c2)OCO3)C1. The van der Waals surface area contributed by atoms with Crippen molar-refractivity contribution in [3.8, 4) is 11.5 Å². The van der Waals surface area contributed by atoms with E-state index in [9.17, 15) is 17.6 Å². The van der Waals surface area contributed by atoms with E-state index in [1.54, 1.807) is 24.3 Å². The third kappa shape index (κ3) is 5.23. The first-order chi connectivity index (χ1) is 17.8. The van der Waals surface area contributed by atoms with Crippen LogP contribution in [0.25, 0.3) is 12.2 Å². The number of carbonyl (C=O) groups excluding carboxylic acids is 1. The lowest BCUT2D eigenvalue weighted by Gasteiger charge is -2.31. The number of ether oxygens (including phenoxy) is 2. The summed E-state index contributed by atoms with van der Waals surface area (Å²) in [4.78, 5) is 12.8. The van der Waals surface area contributed by atoms with Gasteiger partial charge in [-0.05, 0) is 55.7 Å². The van der Waals surface area contributed by atoms with E-state index in [-0.39, 0.29) is 54.2 Å². The Kier molecular flexibility index (Phi) is 6.98. The number of carbonyl (C=O) groups is 1. The van der Waals surface area contributed by atoms with Crippen LogP contribution in [0, 0.1) is 18.7 Å². The number of aryl methyl sites for hydroxylation is 1. The molecule has 0 unspecified atom stereocenters. The molecule has 1 N–H and O–H groups in total. The Bertz CT molecular complexity index is 1450. The number of fused-ring (bicyclic) bond motifs is 1. The molecule has 0 spiro atoms. The number of hydrogen-bond donors (Lipinski definition) is 1. The van der Waals surface area contributed by atoms with Crippen molar-refractivity contribution in [2.45, 2.75) is 31.2 Å². The van der Waals surface area contributed by atoms with Crippen LogP contribution in [0.3, 0.4) is 0 Å². The number of sulfonamides is 1. The van der Waals surface area contributed by atoms with Gasteiger partial charge in [0, 0.05) is 25.2 Å². The molecule has 1 amide bonds. The first-order valence-corrected chi connectivity index (χ1v) is 13.3. The van der Waals surface area contributed by atoms with Crippen LogP contribution in [0.4, 0.5) is 4.39 Å². The number of halogens is 1. The van der Waals surface area contributed by atoms with Crippen LogP contribution < -0.4 is 14.8 Å². The Labute approximate surface area is 213 Å². The topological polar surface area (TPSA) is 111 Å². The molecule has 194 valence electrons. The standard InChI is InChI=1S/C26H26FN3O6S/c1-17-25(23(36-29-17)11-9-19-5-2-3-7-21(19)27)37(32,33)30-12-4-6-20(15-30)26(31)28-14-18-8-10-22-24(13-18)35-16-34-22/h2-3,5,7-11,13,20H,4,6,12,14-16H2,1H3,(H,28,31)/b11-9+/t20-/m1/s1. The van der Waals surface area contributed by atoms with Crippen molar-refractivity contribution in [2.24, 2.45) is 5.92 Å². The minimum atomic E-state index is -4.01. The van der Waals surface area contributed by atoms with E-state index in [1.807, 2.05) is 12.1 Å². The first kappa shape index (κ1) is 25.0. The molecule has 0 aliphatic carbocycles. The van der Waals surface area contributed by atoms with Crippen LogP contribution in [0.2, 0.25) is 0 Å². The first-order valence-electron chi connectivity index (χ1n) is 11.9. The lowest BCUT2D eigenvalue weighted by Crippen LogP contribution is -2.45. The highest BCUT2D eigenvalue weighted by Gasteiger charge is 2.37. The van der Waals surface area contributed by atoms with Crippen molar-refractivity contribution < 1.29 is 31.6 Å². The number of nitrogens with one attached hydrogen (secondary N) is 1. The second-order valence-corrected chi connectivity index (χ2v) is 10.8. The van der Waals surface area contributed by atoms with Crippen LogP contribution in [-0.2, 0) is 21.4 Å². The maximum atomic E-state index is 14.0. The molecule has 2 aliphatic heterocycles. The average molecular weight is 528 g/mol. The lowest BCUT2D eigenvalue weighted by atomic mass is 9.98. The summed E-state index contributed by atoms with van der Waals surface area (Å²) >= 11 is 0. The van der Waals surface area contributed by atoms with Gasteiger partial charge >= 0.3 is 0 Å². The van der Waals surface area contributed by atoms with Crippen molar-refractivity contribution >= 4 is 28.1 Å². The second-order valence-electron chi connectivity index (χ2n) is 8.92. The maximum Gasteiger partial charge on any atom is 0.248 e. The van der Waals surface area contributed by atoms with Gasteiger partial charge in [0.25, 0.3) is 0 Å². The number of nitrogens with zero attached hydrogens (tertiary/aromatic N) is 2. The molecular weight excluding hydrogens is 501 g/mol. The highest BCUT2D eigenvalue weighted by molar-refractivity contribution is 7.89. The van der Waals surface area contributed by atoms with Crippen molar-refractivity contribution in [2.75, 3.05) is 19.9 Å². The molecule has 3 aromatic rings. The highest BCUT2D eigenvalue weighted by Crippen LogP contribution is 2.33. The van der Waals surface area contributed by atoms with Crippen molar-refractivity contribution in [3.63, 3.8) is 0 Å². The maximum absolute atomic E-state index is 14.0. The molecule has 2 aromatic carbocycles. The van der Waals surface area contributed by atoms with E-state index in [1.165, 1.54) is 29.4 Å². The number of hydrogen-bond acceptors (Lipinski definition) is 7. The van der Waals surface area contributed by atoms with Crippen LogP contribution in [0.5, 0.6) is 11.5 Å². The van der Waals surface area contributed by atoms with Crippen molar-refractivity contribution in [1.29, 1.82) is 0 Å². The van der Waals surface area contributed by atoms with Gasteiger partial charge in [-0.25, -0.2) is 12.8 Å². The molecule has 1 aromatic heterocycles. The van der Waals surface area contributed by atoms with Gasteiger partial charge in [-0.3, -0.25) is 4.79 Å². The number of amides is 1. The molecule has 1 fully saturated rings. The Morgan fingerprint density at radius 2 is 2.00 bits per heavy atom. The van der Waals surface area contributed by atoms with Gasteiger partial charge in [0.15, 0.2) is 22.2 Å². The number of benzene rings is 2. The zero-order chi connectivity index (χ0) is 26.0. The molecule has 2 aliphatic rings. The lowest BCUT2D eigenvalue weighted by molar-refractivity contribution is -0.126. The predicted molar refractivity (Wildman–Crippen MR) is 132 cm³/mol. The number of piperidine rings is 1. The third-order valence-electron chi connectivity index (χ3n) is 6.41. The van der Waals surface area contributed by atoms with Gasteiger partial charge in [0.05, 0.1) is 5.92 Å². The summed E-state index contributed by atoms with van der Waals surface area (Å²) in [5.41, 5.74) is 1.34. The number of rotatable bonds is 7. The zero-order valence-corrected chi connectivity index (χ0v) is 21.0. The van der Waals surface area contributed by atoms with E-state index in [0.29, 0.717) is 24.3 Å². The molecule has 37 heavy (non-hydrogen) atoms. The summed E-state index contributed by atoms with van der Waals surface area (Å²) in [7, 11) is -4.01. The van der Waals surface area contributed by atoms with Gasteiger partial charge < -0.3 is 19.3 Å². The summed E-state index contributed by atoms with van der Waals surface area (Å²) < 4.78 is 58.4. The average Bonchev–Trinajstić information content (AvgIpc) is 3.53. The fraction of sp³-hybridized carbons (Fsp3) is 0.308. The summed E-state index contributed by atoms with van der Waals surface area (Å²) in [6.45, 7) is 2.31. The third-order valence-corrected chi connectivity index (χ3v) is 8.43. The molecule has 1 saturated heterocycles. The molecule has 0 saturated carbocycles. The van der Waals surface area contributed by atoms with Gasteiger partial charge in [0.1, 0.15) is 11.5 Å². The minimum Gasteiger partial charge on any atom is -0.454 e. The van der Waals surface area contributed by atoms with Gasteiger partial charge in [0.2, 0.25) is 22.7 Å². The Morgan fingerprint density at radius 1 is 1.19 bits per heavy atom. The van der Waals surface area contributed by atoms with E-state index in [4.69, 9.17) is 14.0 Å². The fourth-order valence-electron chi connectivity index (χ4n) is 4.46. The fourth-order valence-corrected chi connectivity index (χ4v) is 6.24. The molecule has 5 rings (SSSR count). The van der Waals surface area contributed by atoms with Crippen LogP contribution >= 0.6 is 0 Å². The molecule has 0 bridgehead atoms. The zero-order valence-electron chi connectivity index (χ0n) is 20.1. The van der Waals surface area contributed by atoms with E-state index in [0.717, 1.165) is 5.56 Å². The smallest absolute Gasteiger partial charge is 0.248 e. The monoisotopic (exact) mass is 527 g/mol. The van der Waals surface area contributed by atoms with E-state index < -0.39 is 21.8 Å². The quantitative estimate of drug-likeness (QED) is 0.498. The Morgan fingerprint density at radius 3 is 2.84 bits per heavy atom. The van der Waals surface area contributed by atoms with Crippen molar-refractivity contribution in [1.82, 2.24) is 14.8 Å². The Hall–Kier alpha value is -3.70. The summed E-state index contributed by atoms with van der Waals surface area (Å²) in [6, 6.07) is 11.6. The van der Waals surface area contributed by atoms with Crippen LogP contribution in [0.15, 0.2) is 51.9 Å². The van der Waals surface area contributed by atoms with Gasteiger partial charge in [-0.1, -0.05) is 29.4 Å². The van der Waals surface area contributed by atoms with Crippen molar-refractivity contribution in [3.05, 3.63) is 70.9 Å². The largest absolute Gasteiger partial charge is 0.454 e. The van der Waals surface area contributed by atoms with Crippen LogP contribution in [-0.4, -0.2) is 43.7 Å². The van der Waals surface area contributed by atoms with Gasteiger partial charge in [-0.15, -0.1) is 0 Å². The van der Waals surface area contributed by atoms with E-state index >= 15 is 0 Å². The predicted octanol–water partition coefficient (Wildman–Crippen LogP) is 3.74. The summed E-state index contributed by atoms with van der Waals surface area (Å²) in [5.74, 6) is 0.135. The summed E-state index contributed by atoms with van der Waals surface area (Å²) in [6.07, 6.45) is 3.94. The highest BCUT2D eigenvalue weighted by atomic mass is 32.2. The molecule has 1 atom stereocenters. The molecule has 9 nitrogen and oxygen atoms in total. The number of aromatic nitrogens is 1. The molecule has 11 heteroatoms.